The number of aliphatic hydroxyl groups excluding tert-OH is 7. The number of aliphatic hydroxyl groups is 7. The van der Waals surface area contributed by atoms with Crippen molar-refractivity contribution in [1.82, 2.24) is 9.80 Å². The van der Waals surface area contributed by atoms with Crippen LogP contribution in [0.1, 0.15) is 13.8 Å². The fourth-order valence-corrected chi connectivity index (χ4v) is 1.52. The molecule has 28 heavy (non-hydrogen) atoms. The topological polar surface area (TPSA) is 243 Å². The molecule has 12 nitrogen and oxygen atoms in total. The second-order valence-corrected chi connectivity index (χ2v) is 5.12. The minimum absolute atomic E-state index is 0. The Morgan fingerprint density at radius 2 is 0.607 bits per heavy atom. The van der Waals surface area contributed by atoms with Gasteiger partial charge in [0.2, 0.25) is 0 Å². The summed E-state index contributed by atoms with van der Waals surface area (Å²) in [6.45, 7) is 6.95. The monoisotopic (exact) mass is 460 g/mol. The van der Waals surface area contributed by atoms with Gasteiger partial charge in [-0.3, -0.25) is 9.80 Å². The first kappa shape index (κ1) is 46.4. The van der Waals surface area contributed by atoms with Crippen LogP contribution < -0.4 is 0 Å². The molecule has 178 valence electrons. The van der Waals surface area contributed by atoms with Crippen molar-refractivity contribution in [1.29, 1.82) is 0 Å². The first-order valence-corrected chi connectivity index (χ1v) is 8.21. The minimum Gasteiger partial charge on any atom is -0.412 e. The summed E-state index contributed by atoms with van der Waals surface area (Å²) in [4.78, 5) is 3.58. The standard InChI is InChI=1S/2C6H15NO3.C3H8O.3H2O.Ti/c2*8-4-1-7(2-5-9)3-6-10;1-3(2)4;;;;/h2*8-10H,1-6H2;3-4H,1-2H3;3*1H2;. The zero-order valence-corrected chi connectivity index (χ0v) is 18.6. The van der Waals surface area contributed by atoms with Gasteiger partial charge in [-0.25, -0.2) is 0 Å². The Morgan fingerprint density at radius 3 is 0.679 bits per heavy atom. The van der Waals surface area contributed by atoms with Crippen molar-refractivity contribution in [3.05, 3.63) is 0 Å². The van der Waals surface area contributed by atoms with Crippen LogP contribution >= 0.6 is 0 Å². The minimum atomic E-state index is -0.167. The quantitative estimate of drug-likeness (QED) is 0.137. The van der Waals surface area contributed by atoms with Crippen molar-refractivity contribution >= 4 is 0 Å². The van der Waals surface area contributed by atoms with Gasteiger partial charge < -0.3 is 52.2 Å². The van der Waals surface area contributed by atoms with E-state index < -0.39 is 0 Å². The average Bonchev–Trinajstić information content (AvgIpc) is 2.49. The average molecular weight is 460 g/mol. The van der Waals surface area contributed by atoms with E-state index in [0.717, 1.165) is 0 Å². The first-order valence-electron chi connectivity index (χ1n) is 8.21. The maximum Gasteiger partial charge on any atom is 0.0558 e. The molecular formula is C15H44N2O10Ti. The van der Waals surface area contributed by atoms with Crippen LogP contribution in [0.2, 0.25) is 0 Å². The second kappa shape index (κ2) is 41.6. The van der Waals surface area contributed by atoms with E-state index in [1.807, 2.05) is 0 Å². The largest absolute Gasteiger partial charge is 0.412 e. The van der Waals surface area contributed by atoms with Crippen LogP contribution in [-0.2, 0) is 21.7 Å². The third-order valence-electron chi connectivity index (χ3n) is 2.50. The van der Waals surface area contributed by atoms with Crippen molar-refractivity contribution in [2.24, 2.45) is 0 Å². The van der Waals surface area contributed by atoms with E-state index in [9.17, 15) is 0 Å². The van der Waals surface area contributed by atoms with Crippen LogP contribution in [0.15, 0.2) is 0 Å². The van der Waals surface area contributed by atoms with Crippen molar-refractivity contribution < 1.29 is 73.9 Å². The smallest absolute Gasteiger partial charge is 0.0558 e. The van der Waals surface area contributed by atoms with Gasteiger partial charge in [-0.1, -0.05) is 0 Å². The van der Waals surface area contributed by atoms with Gasteiger partial charge in [-0.05, 0) is 13.8 Å². The van der Waals surface area contributed by atoms with Crippen LogP contribution in [0.3, 0.4) is 0 Å². The molecule has 0 aromatic heterocycles. The van der Waals surface area contributed by atoms with E-state index in [1.54, 1.807) is 23.6 Å². The van der Waals surface area contributed by atoms with E-state index >= 15 is 0 Å². The predicted octanol–water partition coefficient (Wildman–Crippen LogP) is -5.56. The molecule has 13 heteroatoms. The van der Waals surface area contributed by atoms with Gasteiger partial charge in [0.05, 0.1) is 39.6 Å². The van der Waals surface area contributed by atoms with Crippen LogP contribution in [0.5, 0.6) is 0 Å². The fourth-order valence-electron chi connectivity index (χ4n) is 1.52. The van der Waals surface area contributed by atoms with Crippen molar-refractivity contribution in [2.75, 3.05) is 78.9 Å². The SMILES string of the molecule is CC(C)O.O.O.O.OCCN(CCO)CCO.OCCN(CCO)CCO.[Ti]. The molecule has 0 aliphatic carbocycles. The molecule has 0 saturated carbocycles. The summed E-state index contributed by atoms with van der Waals surface area (Å²) in [5.41, 5.74) is 0. The summed E-state index contributed by atoms with van der Waals surface area (Å²) in [5, 5.41) is 59.0. The molecule has 0 spiro atoms. The van der Waals surface area contributed by atoms with Gasteiger partial charge in [0.1, 0.15) is 0 Å². The van der Waals surface area contributed by atoms with Crippen LogP contribution in [0.25, 0.3) is 0 Å². The molecule has 0 fully saturated rings. The third kappa shape index (κ3) is 50.2. The molecule has 0 radical (unpaired) electrons. The summed E-state index contributed by atoms with van der Waals surface area (Å²) in [6.07, 6.45) is -0.167. The fraction of sp³-hybridized carbons (Fsp3) is 1.00. The maximum atomic E-state index is 8.48. The summed E-state index contributed by atoms with van der Waals surface area (Å²) >= 11 is 0. The summed E-state index contributed by atoms with van der Waals surface area (Å²) < 4.78 is 0. The molecule has 0 bridgehead atoms. The third-order valence-corrected chi connectivity index (χ3v) is 2.50. The Bertz CT molecular complexity index is 174. The van der Waals surface area contributed by atoms with E-state index in [2.05, 4.69) is 0 Å². The molecule has 0 aliphatic rings. The first-order chi connectivity index (χ1) is 11.4. The number of nitrogens with zero attached hydrogens (tertiary/aromatic N) is 2. The predicted molar refractivity (Wildman–Crippen MR) is 104 cm³/mol. The Labute approximate surface area is 182 Å². The molecular weight excluding hydrogens is 416 g/mol. The van der Waals surface area contributed by atoms with Crippen LogP contribution in [0.4, 0.5) is 0 Å². The molecule has 0 amide bonds. The zero-order chi connectivity index (χ0) is 19.2. The number of hydrogen-bond acceptors (Lipinski definition) is 9. The maximum absolute atomic E-state index is 8.48. The molecule has 13 N–H and O–H groups in total. The van der Waals surface area contributed by atoms with Gasteiger partial charge in [-0.15, -0.1) is 0 Å². The summed E-state index contributed by atoms with van der Waals surface area (Å²) in [7, 11) is 0. The number of hydrogen-bond donors (Lipinski definition) is 7. The zero-order valence-electron chi connectivity index (χ0n) is 17.1. The Hall–Kier alpha value is 0.234. The van der Waals surface area contributed by atoms with Crippen molar-refractivity contribution in [2.45, 2.75) is 20.0 Å². The van der Waals surface area contributed by atoms with Gasteiger partial charge in [0.15, 0.2) is 0 Å². The second-order valence-electron chi connectivity index (χ2n) is 5.12. The summed E-state index contributed by atoms with van der Waals surface area (Å²) in [5.74, 6) is 0. The molecule has 0 rings (SSSR count). The van der Waals surface area contributed by atoms with Crippen LogP contribution in [-0.4, -0.2) is 147 Å². The number of rotatable bonds is 12. The Kier molecular flexibility index (Phi) is 69.0. The van der Waals surface area contributed by atoms with Gasteiger partial charge in [-0.2, -0.15) is 0 Å². The van der Waals surface area contributed by atoms with Gasteiger partial charge >= 0.3 is 0 Å². The van der Waals surface area contributed by atoms with E-state index in [-0.39, 0.29) is 83.9 Å². The molecule has 0 heterocycles. The normalized spacial score (nSPS) is 9.00. The van der Waals surface area contributed by atoms with Crippen molar-refractivity contribution in [3.8, 4) is 0 Å². The Morgan fingerprint density at radius 1 is 0.500 bits per heavy atom. The Balaban J connectivity index is -0.0000000472. The molecule has 0 unspecified atom stereocenters. The van der Waals surface area contributed by atoms with E-state index in [0.29, 0.717) is 39.3 Å². The van der Waals surface area contributed by atoms with E-state index in [1.165, 1.54) is 0 Å². The van der Waals surface area contributed by atoms with E-state index in [4.69, 9.17) is 35.7 Å². The molecule has 0 saturated heterocycles. The van der Waals surface area contributed by atoms with Crippen LogP contribution in [0, 0.1) is 0 Å². The van der Waals surface area contributed by atoms with Crippen molar-refractivity contribution in [3.63, 3.8) is 0 Å². The molecule has 0 aliphatic heterocycles. The summed E-state index contributed by atoms with van der Waals surface area (Å²) in [6, 6.07) is 0. The molecule has 0 aromatic carbocycles. The molecule has 0 atom stereocenters. The van der Waals surface area contributed by atoms with Gasteiger partial charge in [0, 0.05) is 67.1 Å². The van der Waals surface area contributed by atoms with Gasteiger partial charge in [0.25, 0.3) is 0 Å². The molecule has 0 aromatic rings.